The molecule has 6 rings (SSSR count). The van der Waals surface area contributed by atoms with E-state index in [1.54, 1.807) is 6.20 Å². The van der Waals surface area contributed by atoms with E-state index in [1.165, 1.54) is 17.8 Å². The molecule has 0 spiro atoms. The number of carbonyl (C=O) groups is 1. The third-order valence-corrected chi connectivity index (χ3v) is 8.64. The Hall–Kier alpha value is -3.55. The van der Waals surface area contributed by atoms with E-state index in [1.807, 2.05) is 4.90 Å². The molecule has 3 aromatic heterocycles. The van der Waals surface area contributed by atoms with Crippen LogP contribution in [0, 0.1) is 0 Å². The summed E-state index contributed by atoms with van der Waals surface area (Å²) in [5, 5.41) is 0. The predicted octanol–water partition coefficient (Wildman–Crippen LogP) is 4.79. The Morgan fingerprint density at radius 2 is 1.53 bits per heavy atom. The van der Waals surface area contributed by atoms with E-state index in [9.17, 15) is 18.0 Å². The zero-order chi connectivity index (χ0) is 30.0. The number of aromatic amines is 1. The Labute approximate surface area is 255 Å². The summed E-state index contributed by atoms with van der Waals surface area (Å²) in [5.41, 5.74) is 4.57. The number of amides is 1. The highest BCUT2D eigenvalue weighted by molar-refractivity contribution is 9.10. The topological polar surface area (TPSA) is 84.5 Å². The van der Waals surface area contributed by atoms with Gasteiger partial charge in [0.25, 0.3) is 0 Å². The van der Waals surface area contributed by atoms with Crippen molar-refractivity contribution in [3.05, 3.63) is 70.1 Å². The second-order valence-corrected chi connectivity index (χ2v) is 11.9. The number of alkyl halides is 3. The predicted molar refractivity (Wildman–Crippen MR) is 161 cm³/mol. The maximum absolute atomic E-state index is 12.8. The summed E-state index contributed by atoms with van der Waals surface area (Å²) in [4.78, 5) is 36.3. The number of piperazine rings is 1. The summed E-state index contributed by atoms with van der Waals surface area (Å²) in [6.07, 6.45) is 0.576. The molecule has 0 saturated carbocycles. The molecule has 0 radical (unpaired) electrons. The van der Waals surface area contributed by atoms with Crippen LogP contribution in [0.5, 0.6) is 0 Å². The molecule has 2 aliphatic rings. The van der Waals surface area contributed by atoms with E-state index in [2.05, 4.69) is 69.8 Å². The quantitative estimate of drug-likeness (QED) is 0.287. The smallest absolute Gasteiger partial charge is 0.366 e. The van der Waals surface area contributed by atoms with Crippen LogP contribution in [-0.4, -0.2) is 93.4 Å². The Morgan fingerprint density at radius 1 is 0.837 bits per heavy atom. The van der Waals surface area contributed by atoms with Crippen LogP contribution in [0.4, 0.5) is 18.9 Å². The SMILES string of the molecule is O=CN1CCCN(Cc2ccc(-c3nc4ncc(Br)c(N5CCN(Cc6ccc(C(F)(F)F)nc6)CC5)c4[nH]3)cc2)CC1. The first-order chi connectivity index (χ1) is 20.8. The maximum Gasteiger partial charge on any atom is 0.433 e. The third kappa shape index (κ3) is 6.84. The Kier molecular flexibility index (Phi) is 8.64. The van der Waals surface area contributed by atoms with Crippen molar-refractivity contribution < 1.29 is 18.0 Å². The second-order valence-electron chi connectivity index (χ2n) is 11.0. The van der Waals surface area contributed by atoms with Gasteiger partial charge in [-0.1, -0.05) is 30.3 Å². The minimum atomic E-state index is -4.43. The summed E-state index contributed by atoms with van der Waals surface area (Å²) in [7, 11) is 0. The van der Waals surface area contributed by atoms with Crippen molar-refractivity contribution in [3.8, 4) is 11.4 Å². The van der Waals surface area contributed by atoms with Gasteiger partial charge in [0.15, 0.2) is 5.65 Å². The number of fused-ring (bicyclic) bond motifs is 1. The molecule has 5 heterocycles. The van der Waals surface area contributed by atoms with E-state index in [0.717, 1.165) is 110 Å². The van der Waals surface area contributed by atoms with Crippen molar-refractivity contribution in [2.75, 3.05) is 57.3 Å². The number of hydrogen-bond donors (Lipinski definition) is 1. The molecule has 0 bridgehead atoms. The summed E-state index contributed by atoms with van der Waals surface area (Å²) < 4.78 is 39.4. The molecule has 1 amide bonds. The van der Waals surface area contributed by atoms with Crippen LogP contribution >= 0.6 is 15.9 Å². The monoisotopic (exact) mass is 656 g/mol. The number of imidazole rings is 1. The molecule has 1 N–H and O–H groups in total. The zero-order valence-corrected chi connectivity index (χ0v) is 25.1. The van der Waals surface area contributed by atoms with Crippen LogP contribution < -0.4 is 4.90 Å². The van der Waals surface area contributed by atoms with E-state index >= 15 is 0 Å². The Morgan fingerprint density at radius 3 is 2.23 bits per heavy atom. The zero-order valence-electron chi connectivity index (χ0n) is 23.5. The second kappa shape index (κ2) is 12.6. The number of aromatic nitrogens is 4. The lowest BCUT2D eigenvalue weighted by atomic mass is 10.1. The van der Waals surface area contributed by atoms with E-state index in [4.69, 9.17) is 4.98 Å². The van der Waals surface area contributed by atoms with E-state index in [0.29, 0.717) is 12.2 Å². The molecule has 4 aromatic rings. The number of carbonyl (C=O) groups excluding carboxylic acids is 1. The highest BCUT2D eigenvalue weighted by atomic mass is 79.9. The first-order valence-corrected chi connectivity index (χ1v) is 15.1. The molecule has 43 heavy (non-hydrogen) atoms. The molecule has 1 aromatic carbocycles. The lowest BCUT2D eigenvalue weighted by Crippen LogP contribution is -2.46. The number of rotatable bonds is 7. The van der Waals surface area contributed by atoms with Gasteiger partial charge in [-0.3, -0.25) is 19.6 Å². The molecule has 226 valence electrons. The van der Waals surface area contributed by atoms with Crippen LogP contribution in [0.1, 0.15) is 23.2 Å². The fraction of sp³-hybridized carbons (Fsp3) is 0.400. The highest BCUT2D eigenvalue weighted by Crippen LogP contribution is 2.34. The maximum atomic E-state index is 12.8. The number of pyridine rings is 2. The van der Waals surface area contributed by atoms with Gasteiger partial charge >= 0.3 is 6.18 Å². The molecule has 2 fully saturated rings. The van der Waals surface area contributed by atoms with E-state index < -0.39 is 11.9 Å². The van der Waals surface area contributed by atoms with Gasteiger partial charge in [0.05, 0.1) is 10.2 Å². The summed E-state index contributed by atoms with van der Waals surface area (Å²) in [6, 6.07) is 10.9. The van der Waals surface area contributed by atoms with Crippen molar-refractivity contribution in [3.63, 3.8) is 0 Å². The van der Waals surface area contributed by atoms with Crippen molar-refractivity contribution in [2.45, 2.75) is 25.7 Å². The summed E-state index contributed by atoms with van der Waals surface area (Å²) >= 11 is 3.69. The molecular weight excluding hydrogens is 625 g/mol. The minimum absolute atomic E-state index is 0.547. The van der Waals surface area contributed by atoms with Gasteiger partial charge < -0.3 is 14.8 Å². The van der Waals surface area contributed by atoms with Crippen LogP contribution in [-0.2, 0) is 24.1 Å². The molecule has 2 saturated heterocycles. The molecule has 0 unspecified atom stereocenters. The fourth-order valence-electron chi connectivity index (χ4n) is 5.72. The molecule has 13 heteroatoms. The van der Waals surface area contributed by atoms with Crippen molar-refractivity contribution in [1.29, 1.82) is 0 Å². The van der Waals surface area contributed by atoms with Crippen LogP contribution in [0.2, 0.25) is 0 Å². The minimum Gasteiger partial charge on any atom is -0.366 e. The molecule has 0 atom stereocenters. The first kappa shape index (κ1) is 29.5. The van der Waals surface area contributed by atoms with Gasteiger partial charge in [-0.25, -0.2) is 9.97 Å². The number of benzene rings is 1. The van der Waals surface area contributed by atoms with Crippen LogP contribution in [0.3, 0.4) is 0 Å². The summed E-state index contributed by atoms with van der Waals surface area (Å²) in [5.74, 6) is 0.748. The summed E-state index contributed by atoms with van der Waals surface area (Å²) in [6.45, 7) is 7.80. The highest BCUT2D eigenvalue weighted by Gasteiger charge is 2.32. The third-order valence-electron chi connectivity index (χ3n) is 8.06. The molecular formula is C30H32BrF3N8O. The van der Waals surface area contributed by atoms with Crippen molar-refractivity contribution in [2.24, 2.45) is 0 Å². The van der Waals surface area contributed by atoms with Crippen LogP contribution in [0.15, 0.2) is 53.3 Å². The number of halogens is 4. The van der Waals surface area contributed by atoms with Gasteiger partial charge in [0, 0.05) is 83.4 Å². The van der Waals surface area contributed by atoms with Gasteiger partial charge in [0.2, 0.25) is 6.41 Å². The average Bonchev–Trinajstić information content (AvgIpc) is 3.30. The molecule has 2 aliphatic heterocycles. The van der Waals surface area contributed by atoms with Gasteiger partial charge in [-0.2, -0.15) is 13.2 Å². The molecule has 9 nitrogen and oxygen atoms in total. The average molecular weight is 658 g/mol. The van der Waals surface area contributed by atoms with E-state index in [-0.39, 0.29) is 0 Å². The number of nitrogens with one attached hydrogen (secondary N) is 1. The lowest BCUT2D eigenvalue weighted by molar-refractivity contribution is -0.141. The number of H-pyrrole nitrogens is 1. The van der Waals surface area contributed by atoms with Crippen molar-refractivity contribution in [1.82, 2.24) is 34.6 Å². The largest absolute Gasteiger partial charge is 0.433 e. The molecule has 0 aliphatic carbocycles. The lowest BCUT2D eigenvalue weighted by Gasteiger charge is -2.36. The van der Waals surface area contributed by atoms with Gasteiger partial charge in [-0.05, 0) is 39.5 Å². The standard InChI is InChI=1S/C30H32BrF3N8O/c31-24-17-36-29-26(27(24)42-14-12-40(13-15-42)19-22-4-7-25(35-16-22)30(32,33)34)37-28(38-29)23-5-2-21(3-6-23)18-39-8-1-9-41(20-43)11-10-39/h2-7,16-17,20H,1,8-15,18-19H2,(H,36,37,38). The van der Waals surface area contributed by atoms with Crippen molar-refractivity contribution >= 4 is 39.2 Å². The normalized spacial score (nSPS) is 17.4. The van der Waals surface area contributed by atoms with Crippen LogP contribution in [0.25, 0.3) is 22.6 Å². The Bertz CT molecular complexity index is 1550. The first-order valence-electron chi connectivity index (χ1n) is 14.3. The Balaban J connectivity index is 1.11. The number of nitrogens with zero attached hydrogens (tertiary/aromatic N) is 7. The fourth-order valence-corrected chi connectivity index (χ4v) is 6.27. The number of anilines is 1. The van der Waals surface area contributed by atoms with Gasteiger partial charge in [0.1, 0.15) is 17.0 Å². The number of hydrogen-bond acceptors (Lipinski definition) is 7. The van der Waals surface area contributed by atoms with Gasteiger partial charge in [-0.15, -0.1) is 0 Å².